The van der Waals surface area contributed by atoms with Gasteiger partial charge in [0.1, 0.15) is 0 Å². The van der Waals surface area contributed by atoms with E-state index < -0.39 is 0 Å². The van der Waals surface area contributed by atoms with Crippen molar-refractivity contribution in [1.29, 1.82) is 0 Å². The van der Waals surface area contributed by atoms with Gasteiger partial charge in [-0.05, 0) is 36.2 Å². The molecule has 0 radical (unpaired) electrons. The van der Waals surface area contributed by atoms with Crippen LogP contribution in [0, 0.1) is 0 Å². The Kier molecular flexibility index (Phi) is 4.68. The largest absolute Gasteiger partial charge is 0.423 e. The minimum absolute atomic E-state index is 0.150. The number of rotatable bonds is 5. The molecular formula is C17H14ClN3O2. The maximum atomic E-state index is 12.0. The quantitative estimate of drug-likeness (QED) is 0.770. The van der Waals surface area contributed by atoms with Crippen LogP contribution < -0.4 is 5.32 Å². The second kappa shape index (κ2) is 7.07. The molecule has 0 unspecified atom stereocenters. The van der Waals surface area contributed by atoms with Gasteiger partial charge in [-0.15, -0.1) is 0 Å². The third kappa shape index (κ3) is 4.17. The first kappa shape index (κ1) is 15.2. The number of aryl methyl sites for hydroxylation is 1. The predicted molar refractivity (Wildman–Crippen MR) is 88.1 cm³/mol. The second-order valence-electron chi connectivity index (χ2n) is 4.94. The molecule has 0 bridgehead atoms. The van der Waals surface area contributed by atoms with Gasteiger partial charge in [-0.2, -0.15) is 0 Å². The van der Waals surface area contributed by atoms with Gasteiger partial charge in [0.25, 0.3) is 0 Å². The summed E-state index contributed by atoms with van der Waals surface area (Å²) in [4.78, 5) is 20.0. The fourth-order valence-corrected chi connectivity index (χ4v) is 2.20. The summed E-state index contributed by atoms with van der Waals surface area (Å²) in [5, 5.41) is 3.34. The molecule has 1 N–H and O–H groups in total. The smallest absolute Gasteiger partial charge is 0.301 e. The number of pyridine rings is 1. The Labute approximate surface area is 138 Å². The fourth-order valence-electron chi connectivity index (χ4n) is 2.07. The molecule has 0 fully saturated rings. The van der Waals surface area contributed by atoms with Crippen LogP contribution in [0.15, 0.2) is 59.4 Å². The minimum Gasteiger partial charge on any atom is -0.423 e. The van der Waals surface area contributed by atoms with Gasteiger partial charge in [0.15, 0.2) is 5.76 Å². The standard InChI is InChI=1S/C17H14ClN3O2/c18-14-4-1-12(2-5-14)3-6-16(22)21-17-20-11-15(23-17)13-7-9-19-10-8-13/h1-2,4-5,7-11H,3,6H2,(H,20,21,22). The Bertz CT molecular complexity index is 785. The van der Waals surface area contributed by atoms with Crippen molar-refractivity contribution in [2.24, 2.45) is 0 Å². The van der Waals surface area contributed by atoms with Crippen molar-refractivity contribution in [1.82, 2.24) is 9.97 Å². The van der Waals surface area contributed by atoms with Gasteiger partial charge in [0.2, 0.25) is 5.91 Å². The Hall–Kier alpha value is -2.66. The first-order valence-corrected chi connectivity index (χ1v) is 7.49. The van der Waals surface area contributed by atoms with Crippen molar-refractivity contribution in [3.8, 4) is 11.3 Å². The van der Waals surface area contributed by atoms with Crippen molar-refractivity contribution < 1.29 is 9.21 Å². The van der Waals surface area contributed by atoms with Crippen LogP contribution in [-0.4, -0.2) is 15.9 Å². The molecule has 3 rings (SSSR count). The maximum absolute atomic E-state index is 12.0. The second-order valence-corrected chi connectivity index (χ2v) is 5.38. The van der Waals surface area contributed by atoms with Crippen LogP contribution in [0.3, 0.4) is 0 Å². The van der Waals surface area contributed by atoms with Crippen LogP contribution in [-0.2, 0) is 11.2 Å². The first-order valence-electron chi connectivity index (χ1n) is 7.11. The number of oxazole rings is 1. The summed E-state index contributed by atoms with van der Waals surface area (Å²) in [7, 11) is 0. The highest BCUT2D eigenvalue weighted by Gasteiger charge is 2.09. The van der Waals surface area contributed by atoms with Crippen LogP contribution in [0.1, 0.15) is 12.0 Å². The average Bonchev–Trinajstić information content (AvgIpc) is 3.04. The molecule has 0 spiro atoms. The van der Waals surface area contributed by atoms with E-state index in [0.717, 1.165) is 11.1 Å². The zero-order chi connectivity index (χ0) is 16.1. The summed E-state index contributed by atoms with van der Waals surface area (Å²) in [6.07, 6.45) is 5.88. The van der Waals surface area contributed by atoms with Crippen LogP contribution in [0.2, 0.25) is 5.02 Å². The molecule has 0 aliphatic rings. The molecule has 1 amide bonds. The van der Waals surface area contributed by atoms with Crippen LogP contribution >= 0.6 is 11.6 Å². The molecule has 0 aliphatic carbocycles. The van der Waals surface area contributed by atoms with Gasteiger partial charge in [-0.25, -0.2) is 4.98 Å². The van der Waals surface area contributed by atoms with E-state index >= 15 is 0 Å². The summed E-state index contributed by atoms with van der Waals surface area (Å²) in [5.41, 5.74) is 1.91. The molecule has 6 heteroatoms. The topological polar surface area (TPSA) is 68.0 Å². The highest BCUT2D eigenvalue weighted by atomic mass is 35.5. The van der Waals surface area contributed by atoms with Crippen LogP contribution in [0.5, 0.6) is 0 Å². The van der Waals surface area contributed by atoms with Gasteiger partial charge in [-0.3, -0.25) is 15.1 Å². The predicted octanol–water partition coefficient (Wildman–Crippen LogP) is 3.96. The number of benzene rings is 1. The highest BCUT2D eigenvalue weighted by Crippen LogP contribution is 2.21. The number of nitrogens with zero attached hydrogens (tertiary/aromatic N) is 2. The zero-order valence-corrected chi connectivity index (χ0v) is 13.0. The van der Waals surface area contributed by atoms with Crippen LogP contribution in [0.25, 0.3) is 11.3 Å². The molecule has 23 heavy (non-hydrogen) atoms. The van der Waals surface area contributed by atoms with Crippen molar-refractivity contribution in [2.75, 3.05) is 5.32 Å². The van der Waals surface area contributed by atoms with E-state index in [9.17, 15) is 4.79 Å². The molecule has 0 saturated heterocycles. The van der Waals surface area contributed by atoms with E-state index in [2.05, 4.69) is 15.3 Å². The fraction of sp³-hybridized carbons (Fsp3) is 0.118. The molecule has 2 aromatic heterocycles. The number of nitrogens with one attached hydrogen (secondary N) is 1. The lowest BCUT2D eigenvalue weighted by Gasteiger charge is -2.02. The Balaban J connectivity index is 1.56. The van der Waals surface area contributed by atoms with Crippen molar-refractivity contribution in [3.63, 3.8) is 0 Å². The van der Waals surface area contributed by atoms with E-state index in [0.29, 0.717) is 23.6 Å². The summed E-state index contributed by atoms with van der Waals surface area (Å²) in [5.74, 6) is 0.434. The first-order chi connectivity index (χ1) is 11.2. The number of aromatic nitrogens is 2. The molecule has 0 aliphatic heterocycles. The highest BCUT2D eigenvalue weighted by molar-refractivity contribution is 6.30. The van der Waals surface area contributed by atoms with E-state index in [1.165, 1.54) is 0 Å². The average molecular weight is 328 g/mol. The third-order valence-electron chi connectivity index (χ3n) is 3.27. The lowest BCUT2D eigenvalue weighted by Crippen LogP contribution is -2.12. The van der Waals surface area contributed by atoms with E-state index in [4.69, 9.17) is 16.0 Å². The summed E-state index contributed by atoms with van der Waals surface area (Å²) < 4.78 is 5.52. The normalized spacial score (nSPS) is 10.5. The number of halogens is 1. The van der Waals surface area contributed by atoms with Crippen molar-refractivity contribution in [3.05, 3.63) is 65.6 Å². The maximum Gasteiger partial charge on any atom is 0.301 e. The molecule has 0 saturated carbocycles. The van der Waals surface area contributed by atoms with Gasteiger partial charge < -0.3 is 4.42 Å². The third-order valence-corrected chi connectivity index (χ3v) is 3.52. The Morgan fingerprint density at radius 3 is 2.61 bits per heavy atom. The number of hydrogen-bond acceptors (Lipinski definition) is 4. The molecule has 116 valence electrons. The number of hydrogen-bond donors (Lipinski definition) is 1. The van der Waals surface area contributed by atoms with Gasteiger partial charge >= 0.3 is 6.01 Å². The molecule has 3 aromatic rings. The molecule has 1 aromatic carbocycles. The molecule has 0 atom stereocenters. The lowest BCUT2D eigenvalue weighted by molar-refractivity contribution is -0.116. The zero-order valence-electron chi connectivity index (χ0n) is 12.2. The van der Waals surface area contributed by atoms with Crippen LogP contribution in [0.4, 0.5) is 6.01 Å². The lowest BCUT2D eigenvalue weighted by atomic mass is 10.1. The molecular weight excluding hydrogens is 314 g/mol. The SMILES string of the molecule is O=C(CCc1ccc(Cl)cc1)Nc1ncc(-c2ccncc2)o1. The number of carbonyl (C=O) groups excluding carboxylic acids is 1. The Morgan fingerprint density at radius 1 is 1.13 bits per heavy atom. The van der Waals surface area contributed by atoms with E-state index in [-0.39, 0.29) is 11.9 Å². The Morgan fingerprint density at radius 2 is 1.87 bits per heavy atom. The monoisotopic (exact) mass is 327 g/mol. The van der Waals surface area contributed by atoms with Crippen molar-refractivity contribution in [2.45, 2.75) is 12.8 Å². The van der Waals surface area contributed by atoms with E-state index in [1.807, 2.05) is 36.4 Å². The van der Waals surface area contributed by atoms with Gasteiger partial charge in [-0.1, -0.05) is 23.7 Å². The van der Waals surface area contributed by atoms with Gasteiger partial charge in [0.05, 0.1) is 6.20 Å². The minimum atomic E-state index is -0.150. The summed E-state index contributed by atoms with van der Waals surface area (Å²) >= 11 is 5.83. The van der Waals surface area contributed by atoms with Gasteiger partial charge in [0, 0.05) is 29.4 Å². The number of carbonyl (C=O) groups is 1. The van der Waals surface area contributed by atoms with E-state index in [1.54, 1.807) is 18.6 Å². The molecule has 2 heterocycles. The molecule has 5 nitrogen and oxygen atoms in total. The number of amides is 1. The summed E-state index contributed by atoms with van der Waals surface area (Å²) in [6, 6.07) is 11.2. The van der Waals surface area contributed by atoms with Crippen molar-refractivity contribution >= 4 is 23.5 Å². The number of anilines is 1. The summed E-state index contributed by atoms with van der Waals surface area (Å²) in [6.45, 7) is 0.